The second-order valence-corrected chi connectivity index (χ2v) is 12.7. The van der Waals surface area contributed by atoms with Crippen LogP contribution in [0, 0.1) is 48.1 Å². The van der Waals surface area contributed by atoms with Gasteiger partial charge in [-0.3, -0.25) is 14.9 Å². The molecule has 210 valence electrons. The number of nitrogens with one attached hydrogen (secondary N) is 3. The lowest BCUT2D eigenvalue weighted by atomic mass is 9.61. The van der Waals surface area contributed by atoms with E-state index >= 15 is 8.78 Å². The lowest BCUT2D eigenvalue weighted by molar-refractivity contribution is -0.122. The highest BCUT2D eigenvalue weighted by molar-refractivity contribution is 6.11. The quantitative estimate of drug-likeness (QED) is 0.379. The second kappa shape index (κ2) is 8.95. The summed E-state index contributed by atoms with van der Waals surface area (Å²) in [5, 5.41) is 18.5. The average molecular weight is 555 g/mol. The molecule has 2 unspecified atom stereocenters. The van der Waals surface area contributed by atoms with Crippen LogP contribution >= 0.6 is 0 Å². The van der Waals surface area contributed by atoms with Crippen molar-refractivity contribution in [1.82, 2.24) is 5.32 Å². The zero-order valence-electron chi connectivity index (χ0n) is 23.7. The Balaban J connectivity index is 1.59. The summed E-state index contributed by atoms with van der Waals surface area (Å²) >= 11 is 0. The largest absolute Gasteiger partial charge is 0.325 e. The van der Waals surface area contributed by atoms with Crippen LogP contribution in [0.2, 0.25) is 0 Å². The van der Waals surface area contributed by atoms with Crippen molar-refractivity contribution in [3.63, 3.8) is 0 Å². The van der Waals surface area contributed by atoms with Gasteiger partial charge < -0.3 is 10.6 Å². The summed E-state index contributed by atoms with van der Waals surface area (Å²) in [6.07, 6.45) is 0.559. The number of aryl methyl sites for hydroxylation is 2. The number of benzene rings is 3. The molecule has 3 aromatic rings. The number of anilines is 2. The van der Waals surface area contributed by atoms with Gasteiger partial charge in [-0.05, 0) is 78.1 Å². The number of rotatable bonds is 3. The van der Waals surface area contributed by atoms with Crippen LogP contribution in [0.5, 0.6) is 0 Å². The van der Waals surface area contributed by atoms with Gasteiger partial charge in [-0.2, -0.15) is 5.26 Å². The number of hydrogen-bond donors (Lipinski definition) is 3. The third-order valence-electron chi connectivity index (χ3n) is 9.40. The van der Waals surface area contributed by atoms with Crippen molar-refractivity contribution < 1.29 is 18.4 Å². The highest BCUT2D eigenvalue weighted by Gasteiger charge is 2.82. The maximum atomic E-state index is 16.1. The minimum Gasteiger partial charge on any atom is -0.325 e. The SMILES string of the molecule is Cc1cccc([C@H]2[C@H](C(=O)Nc3ccc(C#N)cc3)NC3(CC3C(C)(C)C)[C@@]23C(=O)Nc2c3ccc(C)c2F)c1F. The molecule has 3 aliphatic rings. The van der Waals surface area contributed by atoms with Crippen LogP contribution in [0.1, 0.15) is 60.9 Å². The Morgan fingerprint density at radius 1 is 1.02 bits per heavy atom. The van der Waals surface area contributed by atoms with Crippen molar-refractivity contribution in [2.75, 3.05) is 10.6 Å². The van der Waals surface area contributed by atoms with Crippen LogP contribution in [0.4, 0.5) is 20.2 Å². The van der Waals surface area contributed by atoms with Gasteiger partial charge in [0.2, 0.25) is 11.8 Å². The Hall–Kier alpha value is -4.09. The predicted octanol–water partition coefficient (Wildman–Crippen LogP) is 5.84. The van der Waals surface area contributed by atoms with Crippen LogP contribution in [0.15, 0.2) is 54.6 Å². The Labute approximate surface area is 238 Å². The Morgan fingerprint density at radius 3 is 2.34 bits per heavy atom. The lowest BCUT2D eigenvalue weighted by Crippen LogP contribution is -2.52. The molecule has 0 aromatic heterocycles. The number of amides is 2. The van der Waals surface area contributed by atoms with Crippen LogP contribution in [0.3, 0.4) is 0 Å². The lowest BCUT2D eigenvalue weighted by Gasteiger charge is -2.38. The third kappa shape index (κ3) is 3.68. The molecule has 3 aromatic carbocycles. The zero-order chi connectivity index (χ0) is 29.5. The molecule has 3 N–H and O–H groups in total. The van der Waals surface area contributed by atoms with Gasteiger partial charge in [0.15, 0.2) is 0 Å². The first-order chi connectivity index (χ1) is 19.4. The molecule has 0 radical (unpaired) electrons. The summed E-state index contributed by atoms with van der Waals surface area (Å²) in [5.74, 6) is -2.92. The fraction of sp³-hybridized carbons (Fsp3) is 0.364. The van der Waals surface area contributed by atoms with Crippen molar-refractivity contribution in [2.45, 2.75) is 64.0 Å². The molecule has 2 heterocycles. The molecular weight excluding hydrogens is 522 g/mol. The zero-order valence-corrected chi connectivity index (χ0v) is 23.7. The number of nitriles is 1. The normalized spacial score (nSPS) is 28.0. The van der Waals surface area contributed by atoms with Gasteiger partial charge in [-0.25, -0.2) is 8.78 Å². The van der Waals surface area contributed by atoms with Crippen molar-refractivity contribution in [3.8, 4) is 6.07 Å². The molecule has 1 saturated heterocycles. The molecule has 2 aliphatic heterocycles. The topological polar surface area (TPSA) is 94.0 Å². The molecule has 6 nitrogen and oxygen atoms in total. The molecule has 8 heteroatoms. The van der Waals surface area contributed by atoms with Crippen LogP contribution in [-0.2, 0) is 15.0 Å². The molecule has 2 amide bonds. The van der Waals surface area contributed by atoms with Gasteiger partial charge in [0.05, 0.1) is 23.4 Å². The first-order valence-corrected chi connectivity index (χ1v) is 13.8. The minimum atomic E-state index is -1.45. The highest BCUT2D eigenvalue weighted by Crippen LogP contribution is 2.72. The molecule has 1 aliphatic carbocycles. The maximum absolute atomic E-state index is 16.1. The molecule has 1 saturated carbocycles. The first kappa shape index (κ1) is 27.1. The number of hydrogen-bond acceptors (Lipinski definition) is 4. The average Bonchev–Trinajstić information content (AvgIpc) is 3.50. The summed E-state index contributed by atoms with van der Waals surface area (Å²) in [6, 6.07) is 15.9. The molecule has 0 bridgehead atoms. The van der Waals surface area contributed by atoms with E-state index in [4.69, 9.17) is 5.26 Å². The van der Waals surface area contributed by atoms with Gasteiger partial charge in [0.25, 0.3) is 0 Å². The Kier molecular flexibility index (Phi) is 5.92. The van der Waals surface area contributed by atoms with E-state index in [1.54, 1.807) is 68.4 Å². The van der Waals surface area contributed by atoms with Gasteiger partial charge in [0.1, 0.15) is 17.0 Å². The summed E-state index contributed by atoms with van der Waals surface area (Å²) in [6.45, 7) is 9.53. The van der Waals surface area contributed by atoms with Crippen molar-refractivity contribution in [1.29, 1.82) is 5.26 Å². The van der Waals surface area contributed by atoms with Crippen LogP contribution in [-0.4, -0.2) is 23.4 Å². The number of fused-ring (bicyclic) bond motifs is 3. The molecule has 6 rings (SSSR count). The van der Waals surface area contributed by atoms with Crippen LogP contribution < -0.4 is 16.0 Å². The van der Waals surface area contributed by atoms with Crippen LogP contribution in [0.25, 0.3) is 0 Å². The van der Waals surface area contributed by atoms with Crippen molar-refractivity contribution in [2.24, 2.45) is 11.3 Å². The standard InChI is InChI=1S/C33H32F2N4O2/c1-17-7-6-8-21(25(17)34)24-28(29(40)37-20-12-10-19(16-36)11-13-20)39-32(15-23(32)31(3,4)5)33(24)22-14-9-18(2)26(35)27(22)38-30(33)41/h6-14,23-24,28,39H,15H2,1-5H3,(H,37,40)(H,38,41)/t23?,24-,28+,32?,33+/m0/s1. The fourth-order valence-electron chi connectivity index (χ4n) is 7.51. The minimum absolute atomic E-state index is 0.0563. The van der Waals surface area contributed by atoms with E-state index in [0.717, 1.165) is 0 Å². The Bertz CT molecular complexity index is 1660. The van der Waals surface area contributed by atoms with E-state index in [-0.39, 0.29) is 22.6 Å². The first-order valence-electron chi connectivity index (χ1n) is 13.8. The number of halogens is 2. The number of carbonyl (C=O) groups is 2. The van der Waals surface area contributed by atoms with Gasteiger partial charge in [-0.1, -0.05) is 51.1 Å². The second-order valence-electron chi connectivity index (χ2n) is 12.7. The smallest absolute Gasteiger partial charge is 0.242 e. The summed E-state index contributed by atoms with van der Waals surface area (Å²) in [4.78, 5) is 28.6. The van der Waals surface area contributed by atoms with E-state index < -0.39 is 46.4 Å². The summed E-state index contributed by atoms with van der Waals surface area (Å²) in [5.41, 5.74) is -0.159. The maximum Gasteiger partial charge on any atom is 0.242 e. The van der Waals surface area contributed by atoms with E-state index in [9.17, 15) is 9.59 Å². The molecular formula is C33H32F2N4O2. The Morgan fingerprint density at radius 2 is 1.71 bits per heavy atom. The van der Waals surface area contributed by atoms with Gasteiger partial charge in [-0.15, -0.1) is 0 Å². The van der Waals surface area contributed by atoms with Crippen molar-refractivity contribution >= 4 is 23.2 Å². The molecule has 2 fully saturated rings. The number of carbonyl (C=O) groups excluding carboxylic acids is 2. The summed E-state index contributed by atoms with van der Waals surface area (Å²) in [7, 11) is 0. The van der Waals surface area contributed by atoms with Gasteiger partial charge in [0, 0.05) is 17.1 Å². The molecule has 41 heavy (non-hydrogen) atoms. The monoisotopic (exact) mass is 554 g/mol. The van der Waals surface area contributed by atoms with E-state index in [1.165, 1.54) is 0 Å². The number of nitrogens with zero attached hydrogens (tertiary/aromatic N) is 1. The highest BCUT2D eigenvalue weighted by atomic mass is 19.1. The van der Waals surface area contributed by atoms with E-state index in [2.05, 4.69) is 42.8 Å². The van der Waals surface area contributed by atoms with E-state index in [0.29, 0.717) is 34.4 Å². The molecule has 5 atom stereocenters. The van der Waals surface area contributed by atoms with Gasteiger partial charge >= 0.3 is 0 Å². The van der Waals surface area contributed by atoms with E-state index in [1.807, 2.05) is 0 Å². The third-order valence-corrected chi connectivity index (χ3v) is 9.40. The predicted molar refractivity (Wildman–Crippen MR) is 152 cm³/mol. The summed E-state index contributed by atoms with van der Waals surface area (Å²) < 4.78 is 31.7. The molecule has 2 spiro atoms. The van der Waals surface area contributed by atoms with Crippen molar-refractivity contribution in [3.05, 3.63) is 94.0 Å². The fourth-order valence-corrected chi connectivity index (χ4v) is 7.51.